The van der Waals surface area contributed by atoms with Crippen molar-refractivity contribution in [2.45, 2.75) is 58.3 Å². The first-order chi connectivity index (χ1) is 8.85. The van der Waals surface area contributed by atoms with Gasteiger partial charge in [0.1, 0.15) is 0 Å². The summed E-state index contributed by atoms with van der Waals surface area (Å²) in [6.45, 7) is 7.27. The van der Waals surface area contributed by atoms with E-state index in [-0.39, 0.29) is 0 Å². The normalized spacial score (nSPS) is 11.3. The first-order valence-corrected chi connectivity index (χ1v) is 7.76. The molecule has 0 unspecified atom stereocenters. The van der Waals surface area contributed by atoms with E-state index >= 15 is 0 Å². The number of ether oxygens (including phenoxy) is 1. The molecule has 0 saturated heterocycles. The third kappa shape index (κ3) is 12.3. The zero-order valence-electron chi connectivity index (χ0n) is 12.6. The molecule has 0 heterocycles. The van der Waals surface area contributed by atoms with Gasteiger partial charge in [0.25, 0.3) is 0 Å². The Kier molecular flexibility index (Phi) is 14.8. The number of hydrogen-bond acceptors (Lipinski definition) is 3. The number of unbranched alkanes of at least 4 members (excludes halogenated alkanes) is 6. The minimum absolute atomic E-state index is 0.792. The minimum Gasteiger partial charge on any atom is -0.383 e. The van der Waals surface area contributed by atoms with E-state index in [9.17, 15) is 0 Å². The van der Waals surface area contributed by atoms with Gasteiger partial charge in [0, 0.05) is 13.7 Å². The van der Waals surface area contributed by atoms with Crippen LogP contribution in [0, 0.1) is 0 Å². The summed E-state index contributed by atoms with van der Waals surface area (Å²) in [5.41, 5.74) is 5.57. The molecule has 0 aliphatic carbocycles. The summed E-state index contributed by atoms with van der Waals surface area (Å²) in [6, 6.07) is 0. The summed E-state index contributed by atoms with van der Waals surface area (Å²) in [7, 11) is 1.77. The van der Waals surface area contributed by atoms with Crippen molar-refractivity contribution in [2.75, 3.05) is 39.9 Å². The lowest BCUT2D eigenvalue weighted by molar-refractivity contribution is 0.146. The Morgan fingerprint density at radius 3 is 2.06 bits per heavy atom. The second kappa shape index (κ2) is 14.9. The van der Waals surface area contributed by atoms with Crippen LogP contribution >= 0.6 is 0 Å². The molecule has 18 heavy (non-hydrogen) atoms. The molecule has 3 nitrogen and oxygen atoms in total. The third-order valence-corrected chi connectivity index (χ3v) is 3.37. The summed E-state index contributed by atoms with van der Waals surface area (Å²) < 4.78 is 5.15. The molecule has 0 aromatic carbocycles. The van der Waals surface area contributed by atoms with Gasteiger partial charge in [-0.25, -0.2) is 0 Å². The molecule has 0 spiro atoms. The van der Waals surface area contributed by atoms with E-state index in [0.717, 1.165) is 32.7 Å². The van der Waals surface area contributed by atoms with E-state index in [1.165, 1.54) is 51.5 Å². The predicted octanol–water partition coefficient (Wildman–Crippen LogP) is 3.03. The van der Waals surface area contributed by atoms with Crippen LogP contribution in [0.4, 0.5) is 0 Å². The van der Waals surface area contributed by atoms with Gasteiger partial charge in [0.05, 0.1) is 6.61 Å². The highest BCUT2D eigenvalue weighted by Crippen LogP contribution is 2.07. The highest BCUT2D eigenvalue weighted by atomic mass is 16.5. The lowest BCUT2D eigenvalue weighted by Gasteiger charge is -2.21. The van der Waals surface area contributed by atoms with Crippen molar-refractivity contribution in [1.82, 2.24) is 4.90 Å². The number of nitrogens with zero attached hydrogens (tertiary/aromatic N) is 1. The molecule has 0 aliphatic heterocycles. The van der Waals surface area contributed by atoms with Gasteiger partial charge in [-0.1, -0.05) is 45.4 Å². The van der Waals surface area contributed by atoms with Crippen molar-refractivity contribution in [3.63, 3.8) is 0 Å². The van der Waals surface area contributed by atoms with E-state index in [0.29, 0.717) is 0 Å². The van der Waals surface area contributed by atoms with Crippen molar-refractivity contribution in [3.8, 4) is 0 Å². The summed E-state index contributed by atoms with van der Waals surface area (Å²) in [4.78, 5) is 2.49. The topological polar surface area (TPSA) is 38.5 Å². The smallest absolute Gasteiger partial charge is 0.0589 e. The van der Waals surface area contributed by atoms with Gasteiger partial charge in [-0.2, -0.15) is 0 Å². The molecule has 0 rings (SSSR count). The second-order valence-corrected chi connectivity index (χ2v) is 5.10. The van der Waals surface area contributed by atoms with Gasteiger partial charge >= 0.3 is 0 Å². The largest absolute Gasteiger partial charge is 0.383 e. The van der Waals surface area contributed by atoms with Gasteiger partial charge in [-0.05, 0) is 32.5 Å². The maximum atomic E-state index is 5.57. The standard InChI is InChI=1S/C15H34N2O/c1-3-4-5-6-7-8-9-12-17(13-10-11-16)14-15-18-2/h3-16H2,1-2H3. The fraction of sp³-hybridized carbons (Fsp3) is 1.00. The summed E-state index contributed by atoms with van der Waals surface area (Å²) in [5.74, 6) is 0. The molecule has 0 atom stereocenters. The average Bonchev–Trinajstić information content (AvgIpc) is 2.40. The molecule has 0 bridgehead atoms. The second-order valence-electron chi connectivity index (χ2n) is 5.10. The van der Waals surface area contributed by atoms with E-state index in [1.54, 1.807) is 7.11 Å². The van der Waals surface area contributed by atoms with Crippen LogP contribution in [0.3, 0.4) is 0 Å². The van der Waals surface area contributed by atoms with Gasteiger partial charge in [0.2, 0.25) is 0 Å². The van der Waals surface area contributed by atoms with Gasteiger partial charge in [-0.15, -0.1) is 0 Å². The first kappa shape index (κ1) is 17.9. The monoisotopic (exact) mass is 258 g/mol. The SMILES string of the molecule is CCCCCCCCCN(CCCN)CCOC. The molecule has 0 radical (unpaired) electrons. The van der Waals surface area contributed by atoms with Crippen LogP contribution in [-0.2, 0) is 4.74 Å². The fourth-order valence-corrected chi connectivity index (χ4v) is 2.16. The average molecular weight is 258 g/mol. The molecule has 0 aliphatic rings. The summed E-state index contributed by atoms with van der Waals surface area (Å²) >= 11 is 0. The van der Waals surface area contributed by atoms with E-state index in [4.69, 9.17) is 10.5 Å². The fourth-order valence-electron chi connectivity index (χ4n) is 2.16. The lowest BCUT2D eigenvalue weighted by Crippen LogP contribution is -2.30. The lowest BCUT2D eigenvalue weighted by atomic mass is 10.1. The molecule has 2 N–H and O–H groups in total. The minimum atomic E-state index is 0.792. The maximum Gasteiger partial charge on any atom is 0.0589 e. The molecule has 0 fully saturated rings. The number of hydrogen-bond donors (Lipinski definition) is 1. The Morgan fingerprint density at radius 2 is 1.44 bits per heavy atom. The zero-order chi connectivity index (χ0) is 13.5. The summed E-state index contributed by atoms with van der Waals surface area (Å²) in [6.07, 6.45) is 10.7. The Bertz CT molecular complexity index is 145. The Balaban J connectivity index is 3.43. The molecule has 0 saturated carbocycles. The van der Waals surface area contributed by atoms with Crippen LogP contribution < -0.4 is 5.73 Å². The van der Waals surface area contributed by atoms with Crippen LogP contribution in [0.2, 0.25) is 0 Å². The number of nitrogens with two attached hydrogens (primary N) is 1. The molecule has 3 heteroatoms. The number of rotatable bonds is 14. The van der Waals surface area contributed by atoms with Crippen LogP contribution in [0.1, 0.15) is 58.3 Å². The molecular formula is C15H34N2O. The Labute approximate surface area is 114 Å². The number of methoxy groups -OCH3 is 1. The van der Waals surface area contributed by atoms with Gasteiger partial charge < -0.3 is 15.4 Å². The van der Waals surface area contributed by atoms with Crippen molar-refractivity contribution >= 4 is 0 Å². The van der Waals surface area contributed by atoms with E-state index < -0.39 is 0 Å². The van der Waals surface area contributed by atoms with Gasteiger partial charge in [0.15, 0.2) is 0 Å². The molecule has 0 amide bonds. The quantitative estimate of drug-likeness (QED) is 0.487. The van der Waals surface area contributed by atoms with Crippen LogP contribution in [0.25, 0.3) is 0 Å². The first-order valence-electron chi connectivity index (χ1n) is 7.76. The van der Waals surface area contributed by atoms with Crippen LogP contribution in [-0.4, -0.2) is 44.8 Å². The predicted molar refractivity (Wildman–Crippen MR) is 80.0 cm³/mol. The zero-order valence-corrected chi connectivity index (χ0v) is 12.6. The van der Waals surface area contributed by atoms with Crippen molar-refractivity contribution in [3.05, 3.63) is 0 Å². The molecule has 110 valence electrons. The Morgan fingerprint density at radius 1 is 0.833 bits per heavy atom. The van der Waals surface area contributed by atoms with Crippen LogP contribution in [0.5, 0.6) is 0 Å². The third-order valence-electron chi connectivity index (χ3n) is 3.37. The highest BCUT2D eigenvalue weighted by Gasteiger charge is 2.03. The van der Waals surface area contributed by atoms with Crippen LogP contribution in [0.15, 0.2) is 0 Å². The Hall–Kier alpha value is -0.120. The molecule has 0 aromatic rings. The molecule has 0 aromatic heterocycles. The van der Waals surface area contributed by atoms with Crippen molar-refractivity contribution in [1.29, 1.82) is 0 Å². The van der Waals surface area contributed by atoms with Crippen molar-refractivity contribution in [2.24, 2.45) is 5.73 Å². The van der Waals surface area contributed by atoms with E-state index in [2.05, 4.69) is 11.8 Å². The summed E-state index contributed by atoms with van der Waals surface area (Å²) in [5, 5.41) is 0. The van der Waals surface area contributed by atoms with E-state index in [1.807, 2.05) is 0 Å². The molecular weight excluding hydrogens is 224 g/mol. The van der Waals surface area contributed by atoms with Gasteiger partial charge in [-0.3, -0.25) is 0 Å². The van der Waals surface area contributed by atoms with Crippen molar-refractivity contribution < 1.29 is 4.74 Å². The maximum absolute atomic E-state index is 5.57. The highest BCUT2D eigenvalue weighted by molar-refractivity contribution is 4.58.